The van der Waals surface area contributed by atoms with E-state index in [2.05, 4.69) is 5.32 Å². The minimum absolute atomic E-state index is 0.0782. The average Bonchev–Trinajstić information content (AvgIpc) is 3.31. The number of hydrogen-bond donors (Lipinski definition) is 1. The number of nitro benzene ring substituents is 1. The molecule has 3 fully saturated rings. The summed E-state index contributed by atoms with van der Waals surface area (Å²) in [7, 11) is 0. The fourth-order valence-electron chi connectivity index (χ4n) is 5.73. The molecule has 1 aliphatic heterocycles. The third kappa shape index (κ3) is 2.94. The lowest BCUT2D eigenvalue weighted by molar-refractivity contribution is -0.383. The van der Waals surface area contributed by atoms with Crippen LogP contribution >= 0.6 is 0 Å². The van der Waals surface area contributed by atoms with Crippen molar-refractivity contribution in [2.75, 3.05) is 10.2 Å². The summed E-state index contributed by atoms with van der Waals surface area (Å²) in [6.45, 7) is 0. The molecule has 29 heavy (non-hydrogen) atoms. The maximum absolute atomic E-state index is 13.0. The molecule has 2 saturated carbocycles. The lowest BCUT2D eigenvalue weighted by Gasteiger charge is -2.20. The molecule has 0 aromatic heterocycles. The highest BCUT2D eigenvalue weighted by atomic mass is 16.6. The molecular formula is C22H25N3O4. The van der Waals surface area contributed by atoms with Crippen LogP contribution in [0.15, 0.2) is 30.4 Å². The Bertz CT molecular complexity index is 873. The summed E-state index contributed by atoms with van der Waals surface area (Å²) in [5.74, 6) is -0.790. The van der Waals surface area contributed by atoms with Gasteiger partial charge >= 0.3 is 0 Å². The number of anilines is 2. The number of allylic oxidation sites excluding steroid dienone is 2. The van der Waals surface area contributed by atoms with Gasteiger partial charge in [0.1, 0.15) is 5.69 Å². The standard InChI is InChI=1S/C22H25N3O4/c26-21-19-13-7-8-14(11-13)20(19)22(27)24(21)16-9-10-17(18(12-16)25(28)29)23-15-5-3-1-2-4-6-15/h7-10,12-15,19-20,23H,1-6,11H2. The first kappa shape index (κ1) is 18.3. The number of benzene rings is 1. The highest BCUT2D eigenvalue weighted by Gasteiger charge is 2.59. The number of amides is 2. The lowest BCUT2D eigenvalue weighted by atomic mass is 9.85. The number of nitro groups is 1. The molecule has 1 heterocycles. The molecule has 7 nitrogen and oxygen atoms in total. The molecule has 4 aliphatic rings. The third-order valence-corrected chi connectivity index (χ3v) is 7.12. The van der Waals surface area contributed by atoms with Gasteiger partial charge in [0.05, 0.1) is 22.4 Å². The molecule has 2 amide bonds. The number of carbonyl (C=O) groups is 2. The van der Waals surface area contributed by atoms with Crippen LogP contribution in [0, 0.1) is 33.8 Å². The summed E-state index contributed by atoms with van der Waals surface area (Å²) in [5, 5.41) is 15.1. The number of fused-ring (bicyclic) bond motifs is 5. The zero-order chi connectivity index (χ0) is 20.1. The van der Waals surface area contributed by atoms with Gasteiger partial charge in [0.2, 0.25) is 11.8 Å². The molecule has 0 spiro atoms. The Morgan fingerprint density at radius 2 is 1.59 bits per heavy atom. The summed E-state index contributed by atoms with van der Waals surface area (Å²) in [5.41, 5.74) is 0.698. The zero-order valence-corrected chi connectivity index (χ0v) is 16.3. The molecule has 3 aliphatic carbocycles. The molecule has 2 bridgehead atoms. The van der Waals surface area contributed by atoms with E-state index >= 15 is 0 Å². The van der Waals surface area contributed by atoms with Crippen LogP contribution in [0.25, 0.3) is 0 Å². The van der Waals surface area contributed by atoms with Gasteiger partial charge in [-0.2, -0.15) is 0 Å². The minimum atomic E-state index is -0.431. The molecule has 4 unspecified atom stereocenters. The number of nitrogens with one attached hydrogen (secondary N) is 1. The van der Waals surface area contributed by atoms with Crippen LogP contribution in [-0.4, -0.2) is 22.8 Å². The number of carbonyl (C=O) groups excluding carboxylic acids is 2. The normalized spacial score (nSPS) is 31.2. The van der Waals surface area contributed by atoms with Crippen molar-refractivity contribution < 1.29 is 14.5 Å². The molecule has 5 rings (SSSR count). The summed E-state index contributed by atoms with van der Waals surface area (Å²) in [6, 6.07) is 4.92. The Morgan fingerprint density at radius 3 is 2.17 bits per heavy atom. The second-order valence-electron chi connectivity index (χ2n) is 8.80. The third-order valence-electron chi connectivity index (χ3n) is 7.12. The van der Waals surface area contributed by atoms with E-state index in [0.717, 1.165) is 32.1 Å². The number of nitrogens with zero attached hydrogens (tertiary/aromatic N) is 2. The SMILES string of the molecule is O=C1C2C3C=CC(C3)C2C(=O)N1c1ccc(NC2CCCCCC2)c([N+](=O)[O-])c1. The van der Waals surface area contributed by atoms with Gasteiger partial charge in [-0.15, -0.1) is 0 Å². The second kappa shape index (κ2) is 6.97. The maximum Gasteiger partial charge on any atom is 0.294 e. The van der Waals surface area contributed by atoms with Crippen molar-refractivity contribution in [2.24, 2.45) is 23.7 Å². The van der Waals surface area contributed by atoms with E-state index in [9.17, 15) is 19.7 Å². The van der Waals surface area contributed by atoms with Crippen LogP contribution in [0.4, 0.5) is 17.1 Å². The van der Waals surface area contributed by atoms with Crippen molar-refractivity contribution in [1.29, 1.82) is 0 Å². The second-order valence-corrected chi connectivity index (χ2v) is 8.80. The first-order valence-electron chi connectivity index (χ1n) is 10.7. The summed E-state index contributed by atoms with van der Waals surface area (Å²) >= 11 is 0. The zero-order valence-electron chi connectivity index (χ0n) is 16.3. The van der Waals surface area contributed by atoms with Gasteiger partial charge in [0.15, 0.2) is 0 Å². The molecule has 1 saturated heterocycles. The molecule has 1 N–H and O–H groups in total. The van der Waals surface area contributed by atoms with Crippen molar-refractivity contribution in [3.8, 4) is 0 Å². The van der Waals surface area contributed by atoms with Gasteiger partial charge in [0, 0.05) is 12.1 Å². The van der Waals surface area contributed by atoms with E-state index in [4.69, 9.17) is 0 Å². The first-order valence-corrected chi connectivity index (χ1v) is 10.7. The van der Waals surface area contributed by atoms with Crippen LogP contribution in [0.3, 0.4) is 0 Å². The Hall–Kier alpha value is -2.70. The summed E-state index contributed by atoms with van der Waals surface area (Å²) in [6.07, 6.45) is 11.6. The fourth-order valence-corrected chi connectivity index (χ4v) is 5.73. The van der Waals surface area contributed by atoms with Gasteiger partial charge < -0.3 is 5.32 Å². The molecule has 0 radical (unpaired) electrons. The Labute approximate surface area is 169 Å². The Balaban J connectivity index is 1.43. The predicted octanol–water partition coefficient (Wildman–Crippen LogP) is 4.04. The van der Waals surface area contributed by atoms with Crippen LogP contribution in [0.2, 0.25) is 0 Å². The molecule has 1 aromatic carbocycles. The predicted molar refractivity (Wildman–Crippen MR) is 108 cm³/mol. The summed E-state index contributed by atoms with van der Waals surface area (Å²) < 4.78 is 0. The highest BCUT2D eigenvalue weighted by molar-refractivity contribution is 6.23. The van der Waals surface area contributed by atoms with E-state index in [1.54, 1.807) is 12.1 Å². The molecule has 1 aromatic rings. The van der Waals surface area contributed by atoms with Crippen molar-refractivity contribution in [3.05, 3.63) is 40.5 Å². The summed E-state index contributed by atoms with van der Waals surface area (Å²) in [4.78, 5) is 38.5. The van der Waals surface area contributed by atoms with Crippen LogP contribution in [0.5, 0.6) is 0 Å². The van der Waals surface area contributed by atoms with Crippen LogP contribution in [0.1, 0.15) is 44.9 Å². The van der Waals surface area contributed by atoms with Crippen LogP contribution < -0.4 is 10.2 Å². The van der Waals surface area contributed by atoms with Crippen molar-refractivity contribution in [1.82, 2.24) is 0 Å². The lowest BCUT2D eigenvalue weighted by Crippen LogP contribution is -2.33. The van der Waals surface area contributed by atoms with Crippen molar-refractivity contribution in [2.45, 2.75) is 51.0 Å². The number of imide groups is 1. The smallest absolute Gasteiger partial charge is 0.294 e. The number of rotatable bonds is 4. The quantitative estimate of drug-likeness (QED) is 0.273. The van der Waals surface area contributed by atoms with E-state index in [1.165, 1.54) is 23.8 Å². The van der Waals surface area contributed by atoms with Crippen molar-refractivity contribution in [3.63, 3.8) is 0 Å². The van der Waals surface area contributed by atoms with E-state index in [1.807, 2.05) is 12.2 Å². The molecular weight excluding hydrogens is 370 g/mol. The van der Waals surface area contributed by atoms with E-state index < -0.39 is 4.92 Å². The van der Waals surface area contributed by atoms with E-state index in [0.29, 0.717) is 11.4 Å². The Morgan fingerprint density at radius 1 is 0.966 bits per heavy atom. The van der Waals surface area contributed by atoms with Gasteiger partial charge in [-0.05, 0) is 43.2 Å². The fraction of sp³-hybridized carbons (Fsp3) is 0.545. The topological polar surface area (TPSA) is 92.6 Å². The molecule has 4 atom stereocenters. The first-order chi connectivity index (χ1) is 14.0. The Kier molecular flexibility index (Phi) is 4.41. The van der Waals surface area contributed by atoms with Gasteiger partial charge in [-0.1, -0.05) is 37.8 Å². The monoisotopic (exact) mass is 395 g/mol. The number of hydrogen-bond acceptors (Lipinski definition) is 5. The van der Waals surface area contributed by atoms with Gasteiger partial charge in [-0.3, -0.25) is 19.7 Å². The van der Waals surface area contributed by atoms with Crippen LogP contribution in [-0.2, 0) is 9.59 Å². The van der Waals surface area contributed by atoms with Gasteiger partial charge in [-0.25, -0.2) is 4.90 Å². The van der Waals surface area contributed by atoms with E-state index in [-0.39, 0.29) is 47.2 Å². The molecule has 7 heteroatoms. The highest BCUT2D eigenvalue weighted by Crippen LogP contribution is 2.53. The molecule has 152 valence electrons. The largest absolute Gasteiger partial charge is 0.377 e. The van der Waals surface area contributed by atoms with Gasteiger partial charge in [0.25, 0.3) is 5.69 Å². The maximum atomic E-state index is 13.0. The minimum Gasteiger partial charge on any atom is -0.377 e. The average molecular weight is 395 g/mol. The van der Waals surface area contributed by atoms with Crippen molar-refractivity contribution >= 4 is 28.9 Å².